The third-order valence-corrected chi connectivity index (χ3v) is 4.28. The Morgan fingerprint density at radius 2 is 2.05 bits per heavy atom. The lowest BCUT2D eigenvalue weighted by Crippen LogP contribution is -2.43. The highest BCUT2D eigenvalue weighted by Gasteiger charge is 2.23. The molecule has 1 heterocycles. The van der Waals surface area contributed by atoms with Gasteiger partial charge in [0.05, 0.1) is 6.10 Å². The van der Waals surface area contributed by atoms with Crippen LogP contribution in [0.3, 0.4) is 0 Å². The molecule has 1 aromatic rings. The molecule has 1 aliphatic rings. The van der Waals surface area contributed by atoms with Crippen molar-refractivity contribution in [3.05, 3.63) is 35.6 Å². The molecule has 1 fully saturated rings. The van der Waals surface area contributed by atoms with Crippen LogP contribution in [0.5, 0.6) is 0 Å². The van der Waals surface area contributed by atoms with E-state index in [1.165, 1.54) is 0 Å². The maximum atomic E-state index is 13.7. The zero-order valence-electron chi connectivity index (χ0n) is 12.9. The van der Waals surface area contributed by atoms with Gasteiger partial charge in [0.2, 0.25) is 0 Å². The second kappa shape index (κ2) is 8.47. The average molecular weight is 294 g/mol. The van der Waals surface area contributed by atoms with E-state index in [-0.39, 0.29) is 5.82 Å². The van der Waals surface area contributed by atoms with Crippen LogP contribution in [-0.4, -0.2) is 43.3 Å². The number of nitrogens with two attached hydrogens (primary N) is 1. The fraction of sp³-hybridized carbons (Fsp3) is 0.647. The molecule has 0 saturated carbocycles. The van der Waals surface area contributed by atoms with Crippen molar-refractivity contribution in [1.82, 2.24) is 4.90 Å². The molecule has 1 aromatic carbocycles. The molecule has 21 heavy (non-hydrogen) atoms. The number of nitrogens with zero attached hydrogens (tertiary/aromatic N) is 1. The van der Waals surface area contributed by atoms with Crippen molar-refractivity contribution >= 4 is 0 Å². The topological polar surface area (TPSA) is 38.5 Å². The molecule has 1 atom stereocenters. The monoisotopic (exact) mass is 294 g/mol. The zero-order chi connectivity index (χ0) is 15.1. The summed E-state index contributed by atoms with van der Waals surface area (Å²) >= 11 is 0. The van der Waals surface area contributed by atoms with Crippen LogP contribution in [0.15, 0.2) is 24.3 Å². The Kier molecular flexibility index (Phi) is 6.61. The predicted octanol–water partition coefficient (Wildman–Crippen LogP) is 2.59. The average Bonchev–Trinajstić information content (AvgIpc) is 2.50. The van der Waals surface area contributed by atoms with Crippen molar-refractivity contribution in [1.29, 1.82) is 0 Å². The van der Waals surface area contributed by atoms with Gasteiger partial charge in [0.1, 0.15) is 5.82 Å². The summed E-state index contributed by atoms with van der Waals surface area (Å²) in [6.45, 7) is 5.71. The Labute approximate surface area is 127 Å². The van der Waals surface area contributed by atoms with E-state index in [1.807, 2.05) is 12.1 Å². The van der Waals surface area contributed by atoms with Crippen molar-refractivity contribution in [3.8, 4) is 0 Å². The Morgan fingerprint density at radius 3 is 2.71 bits per heavy atom. The van der Waals surface area contributed by atoms with Crippen LogP contribution in [-0.2, 0) is 11.2 Å². The minimum atomic E-state index is -0.0932. The molecule has 1 aliphatic heterocycles. The molecule has 4 heteroatoms. The van der Waals surface area contributed by atoms with Gasteiger partial charge in [-0.25, -0.2) is 4.39 Å². The summed E-state index contributed by atoms with van der Waals surface area (Å²) in [6, 6.07) is 7.44. The lowest BCUT2D eigenvalue weighted by molar-refractivity contribution is -0.000482. The van der Waals surface area contributed by atoms with Gasteiger partial charge in [0.15, 0.2) is 0 Å². The normalized spacial score (nSPS) is 18.8. The molecule has 0 aliphatic carbocycles. The first-order chi connectivity index (χ1) is 10.2. The SMILES string of the molecule is CC(Cc1ccccc1F)N1CCC(OCCCN)CC1. The van der Waals surface area contributed by atoms with Crippen LogP contribution < -0.4 is 5.73 Å². The molecule has 0 amide bonds. The fourth-order valence-electron chi connectivity index (χ4n) is 2.93. The Hall–Kier alpha value is -0.970. The first-order valence-corrected chi connectivity index (χ1v) is 8.00. The summed E-state index contributed by atoms with van der Waals surface area (Å²) in [7, 11) is 0. The smallest absolute Gasteiger partial charge is 0.126 e. The van der Waals surface area contributed by atoms with Crippen LogP contribution >= 0.6 is 0 Å². The molecule has 2 rings (SSSR count). The molecule has 0 aromatic heterocycles. The second-order valence-corrected chi connectivity index (χ2v) is 5.89. The quantitative estimate of drug-likeness (QED) is 0.786. The number of rotatable bonds is 7. The largest absolute Gasteiger partial charge is 0.378 e. The number of benzene rings is 1. The summed E-state index contributed by atoms with van der Waals surface area (Å²) in [5.74, 6) is -0.0932. The van der Waals surface area contributed by atoms with Crippen molar-refractivity contribution in [2.45, 2.75) is 44.8 Å². The molecule has 1 unspecified atom stereocenters. The number of halogens is 1. The molecule has 1 saturated heterocycles. The van der Waals surface area contributed by atoms with E-state index >= 15 is 0 Å². The number of hydrogen-bond acceptors (Lipinski definition) is 3. The predicted molar refractivity (Wildman–Crippen MR) is 83.8 cm³/mol. The van der Waals surface area contributed by atoms with Crippen molar-refractivity contribution in [2.24, 2.45) is 5.73 Å². The number of likely N-dealkylation sites (tertiary alicyclic amines) is 1. The van der Waals surface area contributed by atoms with E-state index in [0.717, 1.165) is 50.9 Å². The summed E-state index contributed by atoms with van der Waals surface area (Å²) in [6.07, 6.45) is 4.20. The lowest BCUT2D eigenvalue weighted by atomic mass is 10.0. The summed E-state index contributed by atoms with van der Waals surface area (Å²) < 4.78 is 19.5. The molecule has 2 N–H and O–H groups in total. The highest BCUT2D eigenvalue weighted by atomic mass is 19.1. The maximum absolute atomic E-state index is 13.7. The van der Waals surface area contributed by atoms with Gasteiger partial charge >= 0.3 is 0 Å². The number of ether oxygens (including phenoxy) is 1. The van der Waals surface area contributed by atoms with Crippen molar-refractivity contribution in [2.75, 3.05) is 26.2 Å². The Balaban J connectivity index is 1.75. The van der Waals surface area contributed by atoms with Gasteiger partial charge in [0, 0.05) is 25.7 Å². The zero-order valence-corrected chi connectivity index (χ0v) is 12.9. The highest BCUT2D eigenvalue weighted by Crippen LogP contribution is 2.19. The number of hydrogen-bond donors (Lipinski definition) is 1. The van der Waals surface area contributed by atoms with Crippen LogP contribution in [0.4, 0.5) is 4.39 Å². The Morgan fingerprint density at radius 1 is 1.33 bits per heavy atom. The fourth-order valence-corrected chi connectivity index (χ4v) is 2.93. The van der Waals surface area contributed by atoms with E-state index < -0.39 is 0 Å². The van der Waals surface area contributed by atoms with Gasteiger partial charge in [-0.15, -0.1) is 0 Å². The molecule has 0 radical (unpaired) electrons. The first kappa shape index (κ1) is 16.4. The first-order valence-electron chi connectivity index (χ1n) is 8.00. The lowest BCUT2D eigenvalue weighted by Gasteiger charge is -2.36. The highest BCUT2D eigenvalue weighted by molar-refractivity contribution is 5.18. The third kappa shape index (κ3) is 5.06. The molecular weight excluding hydrogens is 267 g/mol. The van der Waals surface area contributed by atoms with Crippen LogP contribution in [0, 0.1) is 5.82 Å². The molecule has 0 bridgehead atoms. The minimum Gasteiger partial charge on any atom is -0.378 e. The Bertz CT molecular complexity index is 419. The third-order valence-electron chi connectivity index (χ3n) is 4.28. The molecule has 118 valence electrons. The van der Waals surface area contributed by atoms with Gasteiger partial charge < -0.3 is 15.4 Å². The summed E-state index contributed by atoms with van der Waals surface area (Å²) in [4.78, 5) is 2.44. The van der Waals surface area contributed by atoms with Crippen LogP contribution in [0.2, 0.25) is 0 Å². The van der Waals surface area contributed by atoms with E-state index in [1.54, 1.807) is 12.1 Å². The standard InChI is InChI=1S/C17H27FN2O/c1-14(13-15-5-2-3-6-17(15)18)20-10-7-16(8-11-20)21-12-4-9-19/h2-3,5-6,14,16H,4,7-13,19H2,1H3. The molecule has 0 spiro atoms. The molecular formula is C17H27FN2O. The van der Waals surface area contributed by atoms with E-state index in [0.29, 0.717) is 18.7 Å². The van der Waals surface area contributed by atoms with Crippen LogP contribution in [0.1, 0.15) is 31.7 Å². The van der Waals surface area contributed by atoms with E-state index in [4.69, 9.17) is 10.5 Å². The van der Waals surface area contributed by atoms with Gasteiger partial charge in [-0.2, -0.15) is 0 Å². The summed E-state index contributed by atoms with van der Waals surface area (Å²) in [5.41, 5.74) is 6.28. The van der Waals surface area contributed by atoms with E-state index in [2.05, 4.69) is 11.8 Å². The number of piperidine rings is 1. The van der Waals surface area contributed by atoms with Crippen LogP contribution in [0.25, 0.3) is 0 Å². The summed E-state index contributed by atoms with van der Waals surface area (Å²) in [5, 5.41) is 0. The van der Waals surface area contributed by atoms with Gasteiger partial charge in [-0.1, -0.05) is 18.2 Å². The van der Waals surface area contributed by atoms with Crippen molar-refractivity contribution in [3.63, 3.8) is 0 Å². The second-order valence-electron chi connectivity index (χ2n) is 5.89. The minimum absolute atomic E-state index is 0.0932. The van der Waals surface area contributed by atoms with Gasteiger partial charge in [-0.3, -0.25) is 0 Å². The molecule has 3 nitrogen and oxygen atoms in total. The van der Waals surface area contributed by atoms with Crippen molar-refractivity contribution < 1.29 is 9.13 Å². The van der Waals surface area contributed by atoms with Gasteiger partial charge in [0.25, 0.3) is 0 Å². The van der Waals surface area contributed by atoms with E-state index in [9.17, 15) is 4.39 Å². The van der Waals surface area contributed by atoms with Gasteiger partial charge in [-0.05, 0) is 50.8 Å². The maximum Gasteiger partial charge on any atom is 0.126 e.